The second kappa shape index (κ2) is 9.82. The third-order valence-electron chi connectivity index (χ3n) is 3.20. The van der Waals surface area contributed by atoms with Crippen molar-refractivity contribution in [2.45, 2.75) is 59.3 Å². The molecule has 0 aromatic heterocycles. The number of hydrogen-bond donors (Lipinski definition) is 2. The summed E-state index contributed by atoms with van der Waals surface area (Å²) in [7, 11) is 0. The van der Waals surface area contributed by atoms with Gasteiger partial charge in [0.25, 0.3) is 0 Å². The Labute approximate surface area is 133 Å². The zero-order chi connectivity index (χ0) is 13.5. The Balaban J connectivity index is -0.00000128. The summed E-state index contributed by atoms with van der Waals surface area (Å²) >= 11 is 0. The molecule has 0 aromatic carbocycles. The molecule has 0 rings (SSSR count). The minimum absolute atomic E-state index is 0. The Bertz CT molecular complexity index is 255. The number of hydrogen-bond acceptors (Lipinski definition) is 2. The molecule has 102 valence electrons. The van der Waals surface area contributed by atoms with Gasteiger partial charge in [-0.05, 0) is 11.8 Å². The van der Waals surface area contributed by atoms with Crippen molar-refractivity contribution < 1.29 is 50.8 Å². The van der Waals surface area contributed by atoms with E-state index >= 15 is 0 Å². The van der Waals surface area contributed by atoms with Crippen molar-refractivity contribution in [3.8, 4) is 0 Å². The maximum atomic E-state index is 10.9. The fraction of sp³-hybridized carbons (Fsp3) is 0.846. The van der Waals surface area contributed by atoms with E-state index in [9.17, 15) is 9.59 Å². The summed E-state index contributed by atoms with van der Waals surface area (Å²) < 4.78 is 0. The molecule has 0 saturated heterocycles. The average molecular weight is 268 g/mol. The maximum Gasteiger partial charge on any atom is 1.00 e. The monoisotopic (exact) mass is 268 g/mol. The SMILES string of the molecule is CCCCCCCC(C)(C)C(C(=O)O)C(=O)O.[H-].[Na+]. The van der Waals surface area contributed by atoms with Crippen molar-refractivity contribution >= 4 is 11.9 Å². The Hall–Kier alpha value is -0.0600. The summed E-state index contributed by atoms with van der Waals surface area (Å²) in [6, 6.07) is 0. The van der Waals surface area contributed by atoms with Gasteiger partial charge in [0.05, 0.1) is 0 Å². The van der Waals surface area contributed by atoms with Gasteiger partial charge in [0.2, 0.25) is 0 Å². The molecule has 0 aromatic rings. The van der Waals surface area contributed by atoms with Crippen LogP contribution in [0.15, 0.2) is 0 Å². The van der Waals surface area contributed by atoms with Gasteiger partial charge in [0.15, 0.2) is 5.92 Å². The van der Waals surface area contributed by atoms with Gasteiger partial charge in [-0.2, -0.15) is 0 Å². The molecular formula is C13H25NaO4. The minimum atomic E-state index is -1.31. The number of rotatable bonds is 9. The third-order valence-corrected chi connectivity index (χ3v) is 3.20. The van der Waals surface area contributed by atoms with Crippen LogP contribution in [-0.4, -0.2) is 22.2 Å². The molecule has 0 heterocycles. The molecule has 0 amide bonds. The van der Waals surface area contributed by atoms with E-state index in [2.05, 4.69) is 6.92 Å². The second-order valence-corrected chi connectivity index (χ2v) is 5.26. The summed E-state index contributed by atoms with van der Waals surface area (Å²) in [6.45, 7) is 5.58. The van der Waals surface area contributed by atoms with E-state index in [1.165, 1.54) is 6.42 Å². The number of aliphatic carboxylic acids is 2. The Kier molecular flexibility index (Phi) is 11.0. The van der Waals surface area contributed by atoms with E-state index in [-0.39, 0.29) is 31.0 Å². The van der Waals surface area contributed by atoms with Gasteiger partial charge >= 0.3 is 41.5 Å². The number of carbonyl (C=O) groups is 2. The van der Waals surface area contributed by atoms with Crippen LogP contribution in [0, 0.1) is 11.3 Å². The standard InChI is InChI=1S/C13H24O4.Na.H/c1-4-5-6-7-8-9-13(2,3)10(11(14)15)12(16)17;;/h10H,4-9H2,1-3H3,(H,14,15)(H,16,17);;/q;+1;-1. The number of carboxylic acid groups (broad SMARTS) is 2. The molecule has 18 heavy (non-hydrogen) atoms. The Morgan fingerprint density at radius 2 is 1.50 bits per heavy atom. The van der Waals surface area contributed by atoms with E-state index in [0.717, 1.165) is 25.7 Å². The van der Waals surface area contributed by atoms with Crippen LogP contribution in [0.25, 0.3) is 0 Å². The minimum Gasteiger partial charge on any atom is -1.00 e. The van der Waals surface area contributed by atoms with Crippen LogP contribution in [0.1, 0.15) is 60.7 Å². The van der Waals surface area contributed by atoms with Gasteiger partial charge < -0.3 is 11.6 Å². The van der Waals surface area contributed by atoms with E-state index in [0.29, 0.717) is 6.42 Å². The van der Waals surface area contributed by atoms with Crippen molar-refractivity contribution in [1.82, 2.24) is 0 Å². The van der Waals surface area contributed by atoms with E-state index < -0.39 is 23.3 Å². The first-order chi connectivity index (χ1) is 7.83. The molecule has 0 radical (unpaired) electrons. The second-order valence-electron chi connectivity index (χ2n) is 5.26. The molecule has 0 aliphatic rings. The first kappa shape index (κ1) is 20.3. The molecule has 5 heteroatoms. The van der Waals surface area contributed by atoms with Crippen molar-refractivity contribution in [3.63, 3.8) is 0 Å². The molecule has 0 saturated carbocycles. The van der Waals surface area contributed by atoms with E-state index in [1.54, 1.807) is 13.8 Å². The normalized spacial score (nSPS) is 11.1. The van der Waals surface area contributed by atoms with Gasteiger partial charge in [0, 0.05) is 0 Å². The van der Waals surface area contributed by atoms with Crippen LogP contribution in [0.4, 0.5) is 0 Å². The molecule has 0 aliphatic heterocycles. The molecule has 0 atom stereocenters. The van der Waals surface area contributed by atoms with Crippen LogP contribution in [0.5, 0.6) is 0 Å². The summed E-state index contributed by atoms with van der Waals surface area (Å²) in [5, 5.41) is 17.9. The van der Waals surface area contributed by atoms with Crippen LogP contribution in [0.3, 0.4) is 0 Å². The Morgan fingerprint density at radius 1 is 1.06 bits per heavy atom. The van der Waals surface area contributed by atoms with Gasteiger partial charge in [-0.25, -0.2) is 0 Å². The van der Waals surface area contributed by atoms with Gasteiger partial charge in [-0.1, -0.05) is 52.9 Å². The zero-order valence-corrected chi connectivity index (χ0v) is 14.0. The smallest absolute Gasteiger partial charge is 1.00 e. The molecule has 0 spiro atoms. The number of unbranched alkanes of at least 4 members (excludes halogenated alkanes) is 4. The fourth-order valence-electron chi connectivity index (χ4n) is 2.10. The van der Waals surface area contributed by atoms with Gasteiger partial charge in [-0.3, -0.25) is 9.59 Å². The van der Waals surface area contributed by atoms with E-state index in [4.69, 9.17) is 10.2 Å². The molecule has 0 aliphatic carbocycles. The molecule has 0 fully saturated rings. The largest absolute Gasteiger partial charge is 1.00 e. The van der Waals surface area contributed by atoms with Crippen molar-refractivity contribution in [1.29, 1.82) is 0 Å². The molecular weight excluding hydrogens is 243 g/mol. The molecule has 0 unspecified atom stereocenters. The molecule has 4 nitrogen and oxygen atoms in total. The predicted octanol–water partition coefficient (Wildman–Crippen LogP) is 0.275. The van der Waals surface area contributed by atoms with Crippen LogP contribution >= 0.6 is 0 Å². The topological polar surface area (TPSA) is 74.6 Å². The molecule has 0 bridgehead atoms. The van der Waals surface area contributed by atoms with Crippen LogP contribution < -0.4 is 29.6 Å². The van der Waals surface area contributed by atoms with Crippen molar-refractivity contribution in [2.75, 3.05) is 0 Å². The van der Waals surface area contributed by atoms with Crippen molar-refractivity contribution in [3.05, 3.63) is 0 Å². The van der Waals surface area contributed by atoms with Crippen LogP contribution in [-0.2, 0) is 9.59 Å². The summed E-state index contributed by atoms with van der Waals surface area (Å²) in [5.41, 5.74) is -0.691. The summed E-state index contributed by atoms with van der Waals surface area (Å²) in [5.74, 6) is -3.79. The zero-order valence-electron chi connectivity index (χ0n) is 13.0. The average Bonchev–Trinajstić information content (AvgIpc) is 2.15. The summed E-state index contributed by atoms with van der Waals surface area (Å²) in [6.07, 6.45) is 6.06. The number of carboxylic acids is 2. The maximum absolute atomic E-state index is 10.9. The van der Waals surface area contributed by atoms with Gasteiger partial charge in [0.1, 0.15) is 0 Å². The fourth-order valence-corrected chi connectivity index (χ4v) is 2.10. The van der Waals surface area contributed by atoms with E-state index in [1.807, 2.05) is 0 Å². The third kappa shape index (κ3) is 7.39. The van der Waals surface area contributed by atoms with Crippen molar-refractivity contribution in [2.24, 2.45) is 11.3 Å². The first-order valence-electron chi connectivity index (χ1n) is 6.28. The van der Waals surface area contributed by atoms with Crippen LogP contribution in [0.2, 0.25) is 0 Å². The molecule has 2 N–H and O–H groups in total. The predicted molar refractivity (Wildman–Crippen MR) is 67.0 cm³/mol. The quantitative estimate of drug-likeness (QED) is 0.358. The summed E-state index contributed by atoms with van der Waals surface area (Å²) in [4.78, 5) is 21.9. The Morgan fingerprint density at radius 3 is 1.89 bits per heavy atom. The first-order valence-corrected chi connectivity index (χ1v) is 6.28. The van der Waals surface area contributed by atoms with Gasteiger partial charge in [-0.15, -0.1) is 0 Å².